The smallest absolute Gasteiger partial charge is 0.147 e. The van der Waals surface area contributed by atoms with E-state index in [4.69, 9.17) is 0 Å². The summed E-state index contributed by atoms with van der Waals surface area (Å²) in [5, 5.41) is 5.29. The molecule has 0 saturated carbocycles. The summed E-state index contributed by atoms with van der Waals surface area (Å²) in [6, 6.07) is 0. The molecule has 2 aliphatic carbocycles. The summed E-state index contributed by atoms with van der Waals surface area (Å²) in [5.74, 6) is 0. The fourth-order valence-electron chi connectivity index (χ4n) is 4.05. The molecule has 0 aromatic carbocycles. The first-order chi connectivity index (χ1) is 9.34. The molecule has 0 heterocycles. The average molecular weight is 395 g/mol. The van der Waals surface area contributed by atoms with Gasteiger partial charge in [0.25, 0.3) is 0 Å². The van der Waals surface area contributed by atoms with Crippen molar-refractivity contribution in [3.63, 3.8) is 0 Å². The van der Waals surface area contributed by atoms with Gasteiger partial charge >= 0.3 is 128 Å². The molecule has 0 atom stereocenters. The zero-order chi connectivity index (χ0) is 15.0. The number of rotatable bonds is 5. The van der Waals surface area contributed by atoms with Gasteiger partial charge in [0.15, 0.2) is 0 Å². The summed E-state index contributed by atoms with van der Waals surface area (Å²) in [4.78, 5) is 0. The average Bonchev–Trinajstić information content (AvgIpc) is 3.05. The maximum atomic E-state index is 2.64. The van der Waals surface area contributed by atoms with E-state index in [1.807, 2.05) is 3.88 Å². The van der Waals surface area contributed by atoms with Crippen LogP contribution >= 0.6 is 24.8 Å². The predicted octanol–water partition coefficient (Wildman–Crippen LogP) is 6.19. The Morgan fingerprint density at radius 3 is 2.00 bits per heavy atom. The Kier molecular flexibility index (Phi) is 8.20. The standard InChI is InChI=1S/C11H17.C5H5.2CH3.2ClH.H2Si.Ti/c1-4-9-7-8-10(5-2)11(9)6-3;1-2-4-5-3-1;;;;;;/h4-7H2,1-3H3;1-3H,4H2;2*1H3;2*1H;1H2;. The van der Waals surface area contributed by atoms with E-state index in [1.165, 1.54) is 32.1 Å². The third-order valence-corrected chi connectivity index (χ3v) is 16.6. The van der Waals surface area contributed by atoms with Gasteiger partial charge in [-0.05, 0) is 0 Å². The van der Waals surface area contributed by atoms with Crippen molar-refractivity contribution < 1.29 is 14.0 Å². The van der Waals surface area contributed by atoms with Crippen LogP contribution in [0.25, 0.3) is 0 Å². The Hall–Kier alpha value is 0.471. The maximum absolute atomic E-state index is 2.64. The van der Waals surface area contributed by atoms with E-state index in [0.29, 0.717) is 0 Å². The largest absolute Gasteiger partial charge is 0.147 e. The van der Waals surface area contributed by atoms with Crippen LogP contribution in [-0.2, 0) is 14.0 Å². The zero-order valence-electron chi connectivity index (χ0n) is 14.8. The van der Waals surface area contributed by atoms with Gasteiger partial charge < -0.3 is 0 Å². The molecule has 126 valence electrons. The Balaban J connectivity index is 0.00000220. The summed E-state index contributed by atoms with van der Waals surface area (Å²) in [5.41, 5.74) is 5.19. The molecular weight excluding hydrogens is 363 g/mol. The van der Waals surface area contributed by atoms with Crippen molar-refractivity contribution in [1.82, 2.24) is 0 Å². The van der Waals surface area contributed by atoms with Crippen LogP contribution in [0.4, 0.5) is 0 Å². The van der Waals surface area contributed by atoms with E-state index in [0.717, 1.165) is 0 Å². The van der Waals surface area contributed by atoms with E-state index < -0.39 is 14.0 Å². The molecule has 2 rings (SSSR count). The van der Waals surface area contributed by atoms with Gasteiger partial charge in [-0.2, -0.15) is 0 Å². The quantitative estimate of drug-likeness (QED) is 0.487. The van der Waals surface area contributed by atoms with Crippen LogP contribution < -0.4 is 0 Å². The van der Waals surface area contributed by atoms with Crippen LogP contribution in [0.1, 0.15) is 52.9 Å². The second-order valence-corrected chi connectivity index (χ2v) is 26.4. The third kappa shape index (κ3) is 3.75. The fourth-order valence-corrected chi connectivity index (χ4v) is 12.6. The first-order valence-electron chi connectivity index (χ1n) is 8.21. The SMILES string of the molecule is CCC1=C(CC)C(CC)=[C]([Ti]([CH3])([CH3])(=[SiH2])[C]2=CC=CC2)C1.Cl.Cl. The second-order valence-electron chi connectivity index (χ2n) is 7.29. The Morgan fingerprint density at radius 1 is 1.00 bits per heavy atom. The first-order valence-corrected chi connectivity index (χ1v) is 16.9. The van der Waals surface area contributed by atoms with Crippen LogP contribution in [0, 0.1) is 0 Å². The molecule has 2 aliphatic rings. The maximum Gasteiger partial charge on any atom is -0.147 e. The van der Waals surface area contributed by atoms with Crippen molar-refractivity contribution in [3.05, 3.63) is 42.7 Å². The topological polar surface area (TPSA) is 0 Å². The number of hydrogen-bond donors (Lipinski definition) is 0. The molecule has 0 unspecified atom stereocenters. The van der Waals surface area contributed by atoms with Gasteiger partial charge in [-0.25, -0.2) is 0 Å². The molecule has 0 amide bonds. The number of halogens is 2. The van der Waals surface area contributed by atoms with Crippen molar-refractivity contribution in [2.75, 3.05) is 0 Å². The molecule has 0 nitrogen and oxygen atoms in total. The van der Waals surface area contributed by atoms with Gasteiger partial charge in [-0.3, -0.25) is 0 Å². The molecule has 0 saturated heterocycles. The van der Waals surface area contributed by atoms with Crippen molar-refractivity contribution in [2.45, 2.75) is 63.3 Å². The predicted molar refractivity (Wildman–Crippen MR) is 106 cm³/mol. The van der Waals surface area contributed by atoms with Gasteiger partial charge in [0, 0.05) is 0 Å². The van der Waals surface area contributed by atoms with Gasteiger partial charge in [0.1, 0.15) is 0 Å². The summed E-state index contributed by atoms with van der Waals surface area (Å²) >= 11 is -2.64. The molecular formula is C18H32Cl2SiTi. The van der Waals surface area contributed by atoms with Gasteiger partial charge in [-0.15, -0.1) is 24.8 Å². The molecule has 0 N–H and O–H groups in total. The second kappa shape index (κ2) is 8.03. The van der Waals surface area contributed by atoms with Gasteiger partial charge in [0.05, 0.1) is 0 Å². The molecule has 0 fully saturated rings. The van der Waals surface area contributed by atoms with Crippen molar-refractivity contribution in [1.29, 1.82) is 0 Å². The van der Waals surface area contributed by atoms with Crippen molar-refractivity contribution in [2.24, 2.45) is 0 Å². The summed E-state index contributed by atoms with van der Waals surface area (Å²) in [7, 11) is 2.38. The minimum absolute atomic E-state index is 0. The Bertz CT molecular complexity index is 615. The Morgan fingerprint density at radius 2 is 1.59 bits per heavy atom. The molecule has 0 radical (unpaired) electrons. The van der Waals surface area contributed by atoms with Crippen LogP contribution in [0.2, 0.25) is 10.5 Å². The van der Waals surface area contributed by atoms with Crippen LogP contribution in [0.3, 0.4) is 0 Å². The summed E-state index contributed by atoms with van der Waals surface area (Å²) < 4.78 is 3.65. The van der Waals surface area contributed by atoms with Crippen molar-refractivity contribution >= 4 is 32.4 Å². The van der Waals surface area contributed by atoms with Crippen LogP contribution in [0.15, 0.2) is 42.7 Å². The molecule has 22 heavy (non-hydrogen) atoms. The monoisotopic (exact) mass is 394 g/mol. The first kappa shape index (κ1) is 22.5. The Labute approximate surface area is 151 Å². The molecule has 0 bridgehead atoms. The zero-order valence-corrected chi connectivity index (χ0v) is 19.4. The third-order valence-electron chi connectivity index (χ3n) is 5.45. The molecule has 4 heteroatoms. The minimum atomic E-state index is -2.64. The molecule has 0 aliphatic heterocycles. The molecule has 0 spiro atoms. The summed E-state index contributed by atoms with van der Waals surface area (Å²) in [6.07, 6.45) is 13.2. The van der Waals surface area contributed by atoms with Crippen LogP contribution in [-0.4, -0.2) is 7.63 Å². The molecule has 0 aromatic rings. The fraction of sp³-hybridized carbons (Fsp3) is 0.556. The number of allylic oxidation sites excluding steroid dienone is 8. The number of hydrogen-bond acceptors (Lipinski definition) is 0. The van der Waals surface area contributed by atoms with E-state index >= 15 is 0 Å². The normalized spacial score (nSPS) is 18.4. The van der Waals surface area contributed by atoms with E-state index in [-0.39, 0.29) is 24.8 Å². The van der Waals surface area contributed by atoms with Crippen LogP contribution in [0.5, 0.6) is 0 Å². The summed E-state index contributed by atoms with van der Waals surface area (Å²) in [6.45, 7) is 7.03. The van der Waals surface area contributed by atoms with E-state index in [9.17, 15) is 0 Å². The van der Waals surface area contributed by atoms with E-state index in [1.54, 1.807) is 20.6 Å². The van der Waals surface area contributed by atoms with E-state index in [2.05, 4.69) is 57.1 Å². The van der Waals surface area contributed by atoms with Gasteiger partial charge in [-0.1, -0.05) is 0 Å². The molecule has 0 aromatic heterocycles. The van der Waals surface area contributed by atoms with Crippen molar-refractivity contribution in [3.8, 4) is 0 Å². The van der Waals surface area contributed by atoms with Gasteiger partial charge in [0.2, 0.25) is 0 Å². The minimum Gasteiger partial charge on any atom is -0.147 e.